The van der Waals surface area contributed by atoms with Crippen LogP contribution in [0, 0.1) is 0 Å². The molecule has 0 aromatic carbocycles. The monoisotopic (exact) mass is 268 g/mol. The van der Waals surface area contributed by atoms with Crippen molar-refractivity contribution in [1.29, 1.82) is 0 Å². The molecule has 2 aliphatic rings. The van der Waals surface area contributed by atoms with E-state index in [1.165, 1.54) is 31.3 Å². The molecule has 0 N–H and O–H groups in total. The summed E-state index contributed by atoms with van der Waals surface area (Å²) in [7, 11) is 1.38. The Kier molecular flexibility index (Phi) is 3.32. The van der Waals surface area contributed by atoms with Crippen LogP contribution in [0.15, 0.2) is 6.20 Å². The molecule has 3 rings (SSSR count). The fourth-order valence-electron chi connectivity index (χ4n) is 2.60. The highest BCUT2D eigenvalue weighted by atomic mass is 32.1. The highest BCUT2D eigenvalue weighted by molar-refractivity contribution is 7.13. The van der Waals surface area contributed by atoms with E-state index < -0.39 is 0 Å². The van der Waals surface area contributed by atoms with Gasteiger partial charge in [-0.15, -0.1) is 11.3 Å². The Morgan fingerprint density at radius 1 is 1.67 bits per heavy atom. The Balaban J connectivity index is 1.71. The van der Waals surface area contributed by atoms with Gasteiger partial charge in [0.1, 0.15) is 16.0 Å². The number of ether oxygens (including phenoxy) is 2. The van der Waals surface area contributed by atoms with Crippen LogP contribution >= 0.6 is 11.3 Å². The van der Waals surface area contributed by atoms with Crippen molar-refractivity contribution in [3.05, 3.63) is 16.1 Å². The second-order valence-corrected chi connectivity index (χ2v) is 5.73. The Hall–Kier alpha value is -0.980. The zero-order valence-electron chi connectivity index (χ0n) is 10.3. The number of fused-ring (bicyclic) bond motifs is 1. The lowest BCUT2D eigenvalue weighted by molar-refractivity contribution is -0.0502. The minimum Gasteiger partial charge on any atom is -0.465 e. The van der Waals surface area contributed by atoms with Crippen LogP contribution in [0.2, 0.25) is 0 Å². The topological polar surface area (TPSA) is 51.7 Å². The number of morpholine rings is 1. The van der Waals surface area contributed by atoms with Crippen LogP contribution in [0.5, 0.6) is 0 Å². The second kappa shape index (κ2) is 4.95. The smallest absolute Gasteiger partial charge is 0.349 e. The molecule has 2 aliphatic heterocycles. The Morgan fingerprint density at radius 3 is 3.39 bits per heavy atom. The van der Waals surface area contributed by atoms with E-state index in [1.807, 2.05) is 0 Å². The highest BCUT2D eigenvalue weighted by Gasteiger charge is 2.34. The molecule has 18 heavy (non-hydrogen) atoms. The fourth-order valence-corrected chi connectivity index (χ4v) is 3.47. The second-order valence-electron chi connectivity index (χ2n) is 4.67. The maximum atomic E-state index is 11.4. The number of aromatic nitrogens is 1. The van der Waals surface area contributed by atoms with Gasteiger partial charge in [-0.25, -0.2) is 9.78 Å². The van der Waals surface area contributed by atoms with Gasteiger partial charge in [0, 0.05) is 12.6 Å². The largest absolute Gasteiger partial charge is 0.465 e. The van der Waals surface area contributed by atoms with Crippen molar-refractivity contribution in [2.75, 3.05) is 26.8 Å². The molecule has 0 aliphatic carbocycles. The molecule has 0 spiro atoms. The number of carbonyl (C=O) groups is 1. The van der Waals surface area contributed by atoms with Crippen molar-refractivity contribution in [2.45, 2.75) is 25.0 Å². The van der Waals surface area contributed by atoms with Gasteiger partial charge in [-0.1, -0.05) is 0 Å². The van der Waals surface area contributed by atoms with E-state index in [4.69, 9.17) is 4.74 Å². The molecule has 98 valence electrons. The van der Waals surface area contributed by atoms with Gasteiger partial charge in [-0.05, 0) is 19.4 Å². The summed E-state index contributed by atoms with van der Waals surface area (Å²) >= 11 is 1.37. The van der Waals surface area contributed by atoms with Crippen LogP contribution in [-0.4, -0.2) is 48.7 Å². The summed E-state index contributed by atoms with van der Waals surface area (Å²) in [6.45, 7) is 2.82. The normalized spacial score (nSPS) is 28.1. The number of esters is 1. The Labute approximate surface area is 110 Å². The van der Waals surface area contributed by atoms with Crippen molar-refractivity contribution in [2.24, 2.45) is 0 Å². The molecule has 2 fully saturated rings. The summed E-state index contributed by atoms with van der Waals surface area (Å²) in [6.07, 6.45) is 4.07. The van der Waals surface area contributed by atoms with Crippen molar-refractivity contribution in [3.8, 4) is 0 Å². The average molecular weight is 268 g/mol. The van der Waals surface area contributed by atoms with Crippen molar-refractivity contribution >= 4 is 17.3 Å². The number of rotatable bonds is 2. The predicted molar refractivity (Wildman–Crippen MR) is 66.7 cm³/mol. The van der Waals surface area contributed by atoms with Gasteiger partial charge < -0.3 is 9.47 Å². The molecule has 1 aromatic rings. The lowest BCUT2D eigenvalue weighted by Gasteiger charge is -2.34. The third-order valence-corrected chi connectivity index (χ3v) is 4.64. The van der Waals surface area contributed by atoms with Crippen LogP contribution < -0.4 is 0 Å². The summed E-state index contributed by atoms with van der Waals surface area (Å²) in [6, 6.07) is 0.585. The van der Waals surface area contributed by atoms with Crippen LogP contribution in [0.3, 0.4) is 0 Å². The maximum absolute atomic E-state index is 11.4. The molecule has 6 heteroatoms. The first-order valence-corrected chi connectivity index (χ1v) is 6.99. The number of thiazole rings is 1. The molecule has 2 unspecified atom stereocenters. The number of carbonyl (C=O) groups excluding carboxylic acids is 1. The molecule has 5 nitrogen and oxygen atoms in total. The molecule has 2 saturated heterocycles. The quantitative estimate of drug-likeness (QED) is 0.760. The van der Waals surface area contributed by atoms with E-state index in [9.17, 15) is 4.79 Å². The number of methoxy groups -OCH3 is 1. The zero-order chi connectivity index (χ0) is 12.5. The average Bonchev–Trinajstić information content (AvgIpc) is 3.05. The molecular weight excluding hydrogens is 252 g/mol. The molecule has 1 aromatic heterocycles. The minimum atomic E-state index is -0.325. The lowest BCUT2D eigenvalue weighted by atomic mass is 10.2. The van der Waals surface area contributed by atoms with Crippen molar-refractivity contribution < 1.29 is 14.3 Å². The van der Waals surface area contributed by atoms with Crippen LogP contribution in [0.4, 0.5) is 0 Å². The summed E-state index contributed by atoms with van der Waals surface area (Å²) in [4.78, 5) is 18.7. The third kappa shape index (κ3) is 2.15. The lowest BCUT2D eigenvalue weighted by Crippen LogP contribution is -2.42. The van der Waals surface area contributed by atoms with Crippen LogP contribution in [0.25, 0.3) is 0 Å². The molecular formula is C12H16N2O3S. The number of hydrogen-bond acceptors (Lipinski definition) is 6. The van der Waals surface area contributed by atoms with E-state index >= 15 is 0 Å². The standard InChI is InChI=1S/C12H16N2O3S/c1-16-12(15)10-5-13-11(18-10)9-6-14-4-2-3-8(14)7-17-9/h5,8-9H,2-4,6-7H2,1H3. The zero-order valence-corrected chi connectivity index (χ0v) is 11.1. The van der Waals surface area contributed by atoms with E-state index in [1.54, 1.807) is 6.20 Å². The molecule has 0 saturated carbocycles. The summed E-state index contributed by atoms with van der Waals surface area (Å²) in [5.41, 5.74) is 0. The summed E-state index contributed by atoms with van der Waals surface area (Å²) in [5, 5.41) is 0.876. The first-order chi connectivity index (χ1) is 8.78. The SMILES string of the molecule is COC(=O)c1cnc(C2CN3CCCC3CO2)s1. The Bertz CT molecular complexity index is 448. The number of hydrogen-bond donors (Lipinski definition) is 0. The van der Waals surface area contributed by atoms with Crippen LogP contribution in [0.1, 0.15) is 33.6 Å². The summed E-state index contributed by atoms with van der Waals surface area (Å²) < 4.78 is 10.5. The maximum Gasteiger partial charge on any atom is 0.349 e. The van der Waals surface area contributed by atoms with E-state index in [0.717, 1.165) is 24.7 Å². The Morgan fingerprint density at radius 2 is 2.56 bits per heavy atom. The van der Waals surface area contributed by atoms with Gasteiger partial charge in [0.05, 0.1) is 19.9 Å². The van der Waals surface area contributed by atoms with Gasteiger partial charge in [0.25, 0.3) is 0 Å². The molecule has 0 bridgehead atoms. The van der Waals surface area contributed by atoms with E-state index in [0.29, 0.717) is 10.9 Å². The highest BCUT2D eigenvalue weighted by Crippen LogP contribution is 2.32. The minimum absolute atomic E-state index is 0.00255. The molecule has 2 atom stereocenters. The van der Waals surface area contributed by atoms with Gasteiger partial charge in [0.2, 0.25) is 0 Å². The van der Waals surface area contributed by atoms with Gasteiger partial charge in [-0.2, -0.15) is 0 Å². The predicted octanol–water partition coefficient (Wildman–Crippen LogP) is 1.47. The molecule has 3 heterocycles. The van der Waals surface area contributed by atoms with E-state index in [2.05, 4.69) is 14.6 Å². The van der Waals surface area contributed by atoms with Gasteiger partial charge >= 0.3 is 5.97 Å². The van der Waals surface area contributed by atoms with Crippen molar-refractivity contribution in [1.82, 2.24) is 9.88 Å². The van der Waals surface area contributed by atoms with Gasteiger partial charge in [-0.3, -0.25) is 4.90 Å². The van der Waals surface area contributed by atoms with Crippen molar-refractivity contribution in [3.63, 3.8) is 0 Å². The fraction of sp³-hybridized carbons (Fsp3) is 0.667. The molecule has 0 radical (unpaired) electrons. The number of nitrogens with zero attached hydrogens (tertiary/aromatic N) is 2. The van der Waals surface area contributed by atoms with Crippen LogP contribution in [-0.2, 0) is 9.47 Å². The third-order valence-electron chi connectivity index (χ3n) is 3.57. The van der Waals surface area contributed by atoms with E-state index in [-0.39, 0.29) is 12.1 Å². The first-order valence-electron chi connectivity index (χ1n) is 6.17. The summed E-state index contributed by atoms with van der Waals surface area (Å²) in [5.74, 6) is -0.325. The molecule has 0 amide bonds. The van der Waals surface area contributed by atoms with Gasteiger partial charge in [0.15, 0.2) is 0 Å². The first kappa shape index (κ1) is 12.1.